The molecule has 8 heteroatoms. The van der Waals surface area contributed by atoms with E-state index in [4.69, 9.17) is 10.7 Å². The number of nitrogens with one attached hydrogen (secondary N) is 1. The van der Waals surface area contributed by atoms with Crippen molar-refractivity contribution in [3.05, 3.63) is 59.7 Å². The van der Waals surface area contributed by atoms with Crippen molar-refractivity contribution in [3.8, 4) is 0 Å². The van der Waals surface area contributed by atoms with Gasteiger partial charge in [-0.15, -0.1) is 0 Å². The number of hydrogen-bond acceptors (Lipinski definition) is 5. The van der Waals surface area contributed by atoms with Gasteiger partial charge in [0, 0.05) is 31.8 Å². The van der Waals surface area contributed by atoms with E-state index in [-0.39, 0.29) is 22.8 Å². The van der Waals surface area contributed by atoms with E-state index < -0.39 is 17.0 Å². The Morgan fingerprint density at radius 2 is 1.68 bits per heavy atom. The molecular formula is C29H37F2N5O. The molecule has 3 N–H and O–H groups in total. The number of hydrogen-bond donors (Lipinski definition) is 2. The Balaban J connectivity index is 1.72. The minimum atomic E-state index is -0.953. The smallest absolute Gasteiger partial charge is 0.223 e. The Bertz CT molecular complexity index is 1260. The van der Waals surface area contributed by atoms with Gasteiger partial charge in [0.15, 0.2) is 23.3 Å². The van der Waals surface area contributed by atoms with Gasteiger partial charge in [0.1, 0.15) is 0 Å². The molecule has 1 aromatic heterocycles. The predicted molar refractivity (Wildman–Crippen MR) is 144 cm³/mol. The fraction of sp³-hybridized carbons (Fsp3) is 0.483. The fourth-order valence-corrected chi connectivity index (χ4v) is 6.40. The molecule has 3 aromatic rings. The van der Waals surface area contributed by atoms with Crippen molar-refractivity contribution in [1.29, 1.82) is 0 Å². The minimum absolute atomic E-state index is 0.212. The maximum absolute atomic E-state index is 14.1. The van der Waals surface area contributed by atoms with Gasteiger partial charge in [-0.25, -0.2) is 18.7 Å². The number of aromatic nitrogens is 2. The average Bonchev–Trinajstić information content (AvgIpc) is 3.39. The molecule has 37 heavy (non-hydrogen) atoms. The first-order valence-electron chi connectivity index (χ1n) is 13.2. The van der Waals surface area contributed by atoms with Crippen LogP contribution in [0.3, 0.4) is 0 Å². The van der Waals surface area contributed by atoms with Gasteiger partial charge in [0.2, 0.25) is 5.91 Å². The summed E-state index contributed by atoms with van der Waals surface area (Å²) in [6.45, 7) is 10.2. The molecule has 1 saturated heterocycles. The van der Waals surface area contributed by atoms with E-state index in [0.717, 1.165) is 43.5 Å². The summed E-state index contributed by atoms with van der Waals surface area (Å²) in [7, 11) is 0. The molecule has 2 atom stereocenters. The van der Waals surface area contributed by atoms with Gasteiger partial charge in [0.25, 0.3) is 0 Å². The molecule has 6 nitrogen and oxygen atoms in total. The summed E-state index contributed by atoms with van der Waals surface area (Å²) in [6.07, 6.45) is 3.22. The lowest BCUT2D eigenvalue weighted by molar-refractivity contribution is -0.139. The highest BCUT2D eigenvalue weighted by Crippen LogP contribution is 2.55. The van der Waals surface area contributed by atoms with Crippen LogP contribution >= 0.6 is 0 Å². The number of anilines is 2. The molecule has 0 aliphatic carbocycles. The van der Waals surface area contributed by atoms with Gasteiger partial charge < -0.3 is 16.0 Å². The van der Waals surface area contributed by atoms with Crippen LogP contribution in [0.1, 0.15) is 58.9 Å². The summed E-state index contributed by atoms with van der Waals surface area (Å²) < 4.78 is 28.1. The van der Waals surface area contributed by atoms with Crippen LogP contribution in [-0.4, -0.2) is 29.0 Å². The summed E-state index contributed by atoms with van der Waals surface area (Å²) >= 11 is 0. The Hall–Kier alpha value is -3.29. The van der Waals surface area contributed by atoms with Gasteiger partial charge >= 0.3 is 0 Å². The first kappa shape index (κ1) is 26.8. The Morgan fingerprint density at radius 1 is 1.05 bits per heavy atom. The van der Waals surface area contributed by atoms with Crippen LogP contribution in [0.15, 0.2) is 42.5 Å². The van der Waals surface area contributed by atoms with Crippen molar-refractivity contribution in [2.45, 2.75) is 59.9 Å². The Kier molecular flexibility index (Phi) is 7.67. The SMILES string of the molecule is CCC(C)(C(N)=O)C(CC)(CC)C1CCN(c2nc3cc(F)c(F)cc3nc2NCc2ccccc2)C1. The second-order valence-electron chi connectivity index (χ2n) is 10.3. The maximum atomic E-state index is 14.1. The molecule has 1 amide bonds. The van der Waals surface area contributed by atoms with Gasteiger partial charge in [-0.2, -0.15) is 0 Å². The number of amides is 1. The average molecular weight is 510 g/mol. The van der Waals surface area contributed by atoms with Gasteiger partial charge in [-0.3, -0.25) is 4.79 Å². The van der Waals surface area contributed by atoms with E-state index in [1.165, 1.54) is 0 Å². The number of fused-ring (bicyclic) bond motifs is 1. The molecule has 1 aliphatic rings. The van der Waals surface area contributed by atoms with E-state index in [2.05, 4.69) is 29.0 Å². The van der Waals surface area contributed by atoms with Crippen molar-refractivity contribution in [2.24, 2.45) is 22.5 Å². The highest BCUT2D eigenvalue weighted by Gasteiger charge is 2.54. The third-order valence-electron chi connectivity index (χ3n) is 8.87. The molecule has 198 valence electrons. The molecule has 1 fully saturated rings. The molecule has 2 aromatic carbocycles. The van der Waals surface area contributed by atoms with Gasteiger partial charge in [0.05, 0.1) is 16.4 Å². The van der Waals surface area contributed by atoms with Crippen molar-refractivity contribution in [2.75, 3.05) is 23.3 Å². The number of primary amides is 1. The van der Waals surface area contributed by atoms with Gasteiger partial charge in [-0.1, -0.05) is 58.0 Å². The normalized spacial score (nSPS) is 17.7. The lowest BCUT2D eigenvalue weighted by atomic mass is 9.53. The quantitative estimate of drug-likeness (QED) is 0.347. The number of nitrogens with two attached hydrogens (primary N) is 1. The number of halogens is 2. The number of benzene rings is 2. The largest absolute Gasteiger partial charge is 0.369 e. The third-order valence-corrected chi connectivity index (χ3v) is 8.87. The summed E-state index contributed by atoms with van der Waals surface area (Å²) in [5.74, 6) is -0.821. The van der Waals surface area contributed by atoms with Crippen molar-refractivity contribution < 1.29 is 13.6 Å². The number of nitrogens with zero attached hydrogens (tertiary/aromatic N) is 3. The van der Waals surface area contributed by atoms with Crippen LogP contribution in [0.5, 0.6) is 0 Å². The summed E-state index contributed by atoms with van der Waals surface area (Å²) in [5, 5.41) is 3.37. The first-order valence-corrected chi connectivity index (χ1v) is 13.2. The van der Waals surface area contributed by atoms with E-state index in [1.54, 1.807) is 0 Å². The topological polar surface area (TPSA) is 84.1 Å². The zero-order chi connectivity index (χ0) is 26.8. The van der Waals surface area contributed by atoms with Crippen molar-refractivity contribution >= 4 is 28.6 Å². The number of carbonyl (C=O) groups is 1. The summed E-state index contributed by atoms with van der Waals surface area (Å²) in [4.78, 5) is 24.3. The van der Waals surface area contributed by atoms with E-state index in [9.17, 15) is 13.6 Å². The van der Waals surface area contributed by atoms with Crippen LogP contribution in [0.4, 0.5) is 20.4 Å². The standard InChI is InChI=1S/C29H37F2N5O/c1-5-28(4,27(32)37)29(6-2,7-3)20-13-14-36(18-20)26-25(33-17-19-11-9-8-10-12-19)34-23-15-21(30)22(31)16-24(23)35-26/h8-12,15-16,20H,5-7,13-14,17-18H2,1-4H3,(H2,32,37)(H,33,34). The van der Waals surface area contributed by atoms with Crippen LogP contribution in [0.25, 0.3) is 11.0 Å². The monoisotopic (exact) mass is 509 g/mol. The van der Waals surface area contributed by atoms with Crippen molar-refractivity contribution in [3.63, 3.8) is 0 Å². The van der Waals surface area contributed by atoms with Crippen LogP contribution in [0, 0.1) is 28.4 Å². The van der Waals surface area contributed by atoms with Crippen LogP contribution < -0.4 is 16.0 Å². The second-order valence-corrected chi connectivity index (χ2v) is 10.3. The summed E-state index contributed by atoms with van der Waals surface area (Å²) in [6, 6.07) is 12.1. The minimum Gasteiger partial charge on any atom is -0.369 e. The molecule has 2 heterocycles. The molecule has 4 rings (SSSR count). The molecule has 0 spiro atoms. The number of rotatable bonds is 10. The van der Waals surface area contributed by atoms with E-state index in [0.29, 0.717) is 36.7 Å². The molecule has 0 radical (unpaired) electrons. The first-order chi connectivity index (χ1) is 17.7. The van der Waals surface area contributed by atoms with Gasteiger partial charge in [-0.05, 0) is 42.6 Å². The van der Waals surface area contributed by atoms with E-state index in [1.807, 2.05) is 44.2 Å². The molecule has 0 bridgehead atoms. The Labute approximate surface area is 217 Å². The number of carbonyl (C=O) groups excluding carboxylic acids is 1. The zero-order valence-corrected chi connectivity index (χ0v) is 22.2. The highest BCUT2D eigenvalue weighted by atomic mass is 19.2. The van der Waals surface area contributed by atoms with Crippen molar-refractivity contribution in [1.82, 2.24) is 9.97 Å². The van der Waals surface area contributed by atoms with E-state index >= 15 is 0 Å². The Morgan fingerprint density at radius 3 is 2.24 bits per heavy atom. The zero-order valence-electron chi connectivity index (χ0n) is 22.2. The molecular weight excluding hydrogens is 472 g/mol. The fourth-order valence-electron chi connectivity index (χ4n) is 6.40. The lowest BCUT2D eigenvalue weighted by Crippen LogP contribution is -2.52. The van der Waals surface area contributed by atoms with Crippen LogP contribution in [-0.2, 0) is 11.3 Å². The highest BCUT2D eigenvalue weighted by molar-refractivity contribution is 5.82. The maximum Gasteiger partial charge on any atom is 0.223 e. The predicted octanol–water partition coefficient (Wildman–Crippen LogP) is 6.05. The third kappa shape index (κ3) is 4.74. The molecule has 2 unspecified atom stereocenters. The second kappa shape index (κ2) is 10.6. The molecule has 1 aliphatic heterocycles. The van der Waals surface area contributed by atoms with Crippen LogP contribution in [0.2, 0.25) is 0 Å². The lowest BCUT2D eigenvalue weighted by Gasteiger charge is -2.50. The molecule has 0 saturated carbocycles. The summed E-state index contributed by atoms with van der Waals surface area (Å²) in [5.41, 5.74) is 6.74.